The van der Waals surface area contributed by atoms with Crippen LogP contribution < -0.4 is 11.1 Å². The summed E-state index contributed by atoms with van der Waals surface area (Å²) in [5, 5.41) is 2.95. The minimum atomic E-state index is -0.0104. The van der Waals surface area contributed by atoms with Crippen molar-refractivity contribution in [2.24, 2.45) is 5.73 Å². The molecule has 1 aliphatic carbocycles. The summed E-state index contributed by atoms with van der Waals surface area (Å²) in [6.45, 7) is 2.87. The molecule has 0 aromatic heterocycles. The Bertz CT molecular complexity index is 512. The van der Waals surface area contributed by atoms with Crippen molar-refractivity contribution in [1.29, 1.82) is 0 Å². The summed E-state index contributed by atoms with van der Waals surface area (Å²) in [5.41, 5.74) is 7.63. The monoisotopic (exact) mass is 305 g/mol. The molecule has 0 radical (unpaired) electrons. The normalized spacial score (nSPS) is 15.3. The molecule has 0 unspecified atom stereocenters. The molecule has 3 N–H and O–H groups in total. The topological polar surface area (TPSA) is 58.4 Å². The van der Waals surface area contributed by atoms with Crippen molar-refractivity contribution in [2.75, 3.05) is 18.4 Å². The first-order chi connectivity index (χ1) is 10.0. The lowest BCUT2D eigenvalue weighted by Gasteiger charge is -2.27. The van der Waals surface area contributed by atoms with Crippen molar-refractivity contribution in [3.63, 3.8) is 0 Å². The summed E-state index contributed by atoms with van der Waals surface area (Å²) in [6, 6.07) is 8.24. The maximum atomic E-state index is 12.2. The second kappa shape index (κ2) is 7.52. The van der Waals surface area contributed by atoms with Crippen molar-refractivity contribution < 1.29 is 4.79 Å². The van der Waals surface area contributed by atoms with Gasteiger partial charge in [0.2, 0.25) is 5.91 Å². The standard InChI is InChI=1S/C16H23N3OS/c1-12-5-4-6-13(9-12)18-16(20)11-19(10-15(17)21)14-7-2-3-8-14/h4-6,9,14H,2-3,7-8,10-11H2,1H3,(H2,17,21)(H,18,20). The predicted octanol–water partition coefficient (Wildman–Crippen LogP) is 2.46. The molecule has 0 saturated heterocycles. The molecule has 0 spiro atoms. The van der Waals surface area contributed by atoms with E-state index in [9.17, 15) is 4.79 Å². The van der Waals surface area contributed by atoms with E-state index >= 15 is 0 Å². The molecular weight excluding hydrogens is 282 g/mol. The number of benzene rings is 1. The first kappa shape index (κ1) is 15.9. The van der Waals surface area contributed by atoms with E-state index < -0.39 is 0 Å². The zero-order valence-electron chi connectivity index (χ0n) is 12.5. The van der Waals surface area contributed by atoms with Gasteiger partial charge in [-0.1, -0.05) is 37.2 Å². The van der Waals surface area contributed by atoms with Gasteiger partial charge in [0.1, 0.15) is 0 Å². The van der Waals surface area contributed by atoms with Crippen LogP contribution in [-0.4, -0.2) is 34.9 Å². The van der Waals surface area contributed by atoms with Gasteiger partial charge >= 0.3 is 0 Å². The number of carbonyl (C=O) groups is 1. The third-order valence-electron chi connectivity index (χ3n) is 3.85. The van der Waals surface area contributed by atoms with Gasteiger partial charge < -0.3 is 11.1 Å². The van der Waals surface area contributed by atoms with Crippen LogP contribution in [0.3, 0.4) is 0 Å². The molecule has 0 heterocycles. The first-order valence-corrected chi connectivity index (χ1v) is 7.84. The van der Waals surface area contributed by atoms with E-state index in [0.717, 1.165) is 24.1 Å². The lowest BCUT2D eigenvalue weighted by Crippen LogP contribution is -2.43. The van der Waals surface area contributed by atoms with Crippen LogP contribution in [0.1, 0.15) is 31.2 Å². The molecule has 2 rings (SSSR count). The average molecular weight is 305 g/mol. The highest BCUT2D eigenvalue weighted by molar-refractivity contribution is 7.80. The fourth-order valence-electron chi connectivity index (χ4n) is 2.89. The van der Waals surface area contributed by atoms with Gasteiger partial charge in [-0.05, 0) is 37.5 Å². The maximum Gasteiger partial charge on any atom is 0.238 e. The van der Waals surface area contributed by atoms with Crippen molar-refractivity contribution in [2.45, 2.75) is 38.6 Å². The SMILES string of the molecule is Cc1cccc(NC(=O)CN(CC(N)=S)C2CCCC2)c1. The van der Waals surface area contributed by atoms with Gasteiger partial charge in [0.05, 0.1) is 11.5 Å². The van der Waals surface area contributed by atoms with Gasteiger partial charge in [0.15, 0.2) is 0 Å². The summed E-state index contributed by atoms with van der Waals surface area (Å²) in [6.07, 6.45) is 4.69. The number of nitrogens with two attached hydrogens (primary N) is 1. The lowest BCUT2D eigenvalue weighted by atomic mass is 10.2. The summed E-state index contributed by atoms with van der Waals surface area (Å²) >= 11 is 5.01. The van der Waals surface area contributed by atoms with E-state index in [-0.39, 0.29) is 5.91 Å². The maximum absolute atomic E-state index is 12.2. The Labute approximate surface area is 131 Å². The molecule has 4 nitrogen and oxygen atoms in total. The minimum Gasteiger partial charge on any atom is -0.392 e. The first-order valence-electron chi connectivity index (χ1n) is 7.43. The molecule has 0 bridgehead atoms. The highest BCUT2D eigenvalue weighted by Gasteiger charge is 2.24. The molecule has 1 aliphatic rings. The molecule has 114 valence electrons. The van der Waals surface area contributed by atoms with E-state index in [2.05, 4.69) is 10.2 Å². The second-order valence-electron chi connectivity index (χ2n) is 5.73. The Kier molecular flexibility index (Phi) is 5.70. The number of nitrogens with zero attached hydrogens (tertiary/aromatic N) is 1. The van der Waals surface area contributed by atoms with Gasteiger partial charge in [0, 0.05) is 18.3 Å². The van der Waals surface area contributed by atoms with Gasteiger partial charge in [-0.25, -0.2) is 0 Å². The average Bonchev–Trinajstić information content (AvgIpc) is 2.91. The van der Waals surface area contributed by atoms with Crippen LogP contribution in [0.5, 0.6) is 0 Å². The van der Waals surface area contributed by atoms with Crippen molar-refractivity contribution in [3.8, 4) is 0 Å². The lowest BCUT2D eigenvalue weighted by molar-refractivity contribution is -0.117. The Hall–Kier alpha value is -1.46. The molecule has 1 amide bonds. The number of hydrogen-bond acceptors (Lipinski definition) is 3. The highest BCUT2D eigenvalue weighted by Crippen LogP contribution is 2.23. The predicted molar refractivity (Wildman–Crippen MR) is 90.4 cm³/mol. The Morgan fingerprint density at radius 2 is 2.10 bits per heavy atom. The Morgan fingerprint density at radius 1 is 1.38 bits per heavy atom. The van der Waals surface area contributed by atoms with E-state index in [4.69, 9.17) is 18.0 Å². The number of aryl methyl sites for hydroxylation is 1. The molecule has 5 heteroatoms. The fourth-order valence-corrected chi connectivity index (χ4v) is 3.06. The number of amides is 1. The van der Waals surface area contributed by atoms with E-state index in [0.29, 0.717) is 24.1 Å². The van der Waals surface area contributed by atoms with Crippen molar-refractivity contribution in [1.82, 2.24) is 4.90 Å². The van der Waals surface area contributed by atoms with Crippen LogP contribution in [-0.2, 0) is 4.79 Å². The number of anilines is 1. The summed E-state index contributed by atoms with van der Waals surface area (Å²) in [4.78, 5) is 14.8. The van der Waals surface area contributed by atoms with Crippen LogP contribution in [0.2, 0.25) is 0 Å². The number of thiocarbonyl (C=S) groups is 1. The van der Waals surface area contributed by atoms with Crippen LogP contribution in [0, 0.1) is 6.92 Å². The van der Waals surface area contributed by atoms with Crippen molar-refractivity contribution >= 4 is 28.8 Å². The third-order valence-corrected chi connectivity index (χ3v) is 3.98. The number of hydrogen-bond donors (Lipinski definition) is 2. The Morgan fingerprint density at radius 3 is 2.71 bits per heavy atom. The number of carbonyl (C=O) groups excluding carboxylic acids is 1. The van der Waals surface area contributed by atoms with Crippen LogP contribution in [0.25, 0.3) is 0 Å². The zero-order chi connectivity index (χ0) is 15.2. The molecule has 21 heavy (non-hydrogen) atoms. The van der Waals surface area contributed by atoms with E-state index in [1.165, 1.54) is 12.8 Å². The van der Waals surface area contributed by atoms with Crippen LogP contribution in [0.4, 0.5) is 5.69 Å². The summed E-state index contributed by atoms with van der Waals surface area (Å²) in [5.74, 6) is -0.0104. The fraction of sp³-hybridized carbons (Fsp3) is 0.500. The van der Waals surface area contributed by atoms with Gasteiger partial charge in [-0.3, -0.25) is 9.69 Å². The largest absolute Gasteiger partial charge is 0.392 e. The van der Waals surface area contributed by atoms with Crippen LogP contribution >= 0.6 is 12.2 Å². The molecule has 1 saturated carbocycles. The van der Waals surface area contributed by atoms with Gasteiger partial charge in [0.25, 0.3) is 0 Å². The van der Waals surface area contributed by atoms with Crippen LogP contribution in [0.15, 0.2) is 24.3 Å². The van der Waals surface area contributed by atoms with E-state index in [1.807, 2.05) is 31.2 Å². The van der Waals surface area contributed by atoms with Crippen molar-refractivity contribution in [3.05, 3.63) is 29.8 Å². The molecule has 1 fully saturated rings. The van der Waals surface area contributed by atoms with E-state index in [1.54, 1.807) is 0 Å². The number of nitrogens with one attached hydrogen (secondary N) is 1. The minimum absolute atomic E-state index is 0.0104. The molecule has 1 aromatic carbocycles. The van der Waals surface area contributed by atoms with Gasteiger partial charge in [-0.15, -0.1) is 0 Å². The molecule has 0 atom stereocenters. The highest BCUT2D eigenvalue weighted by atomic mass is 32.1. The van der Waals surface area contributed by atoms with Gasteiger partial charge in [-0.2, -0.15) is 0 Å². The summed E-state index contributed by atoms with van der Waals surface area (Å²) in [7, 11) is 0. The Balaban J connectivity index is 1.95. The molecule has 1 aromatic rings. The summed E-state index contributed by atoms with van der Waals surface area (Å²) < 4.78 is 0. The molecule has 0 aliphatic heterocycles. The second-order valence-corrected chi connectivity index (χ2v) is 6.25. The smallest absolute Gasteiger partial charge is 0.238 e. The zero-order valence-corrected chi connectivity index (χ0v) is 13.3. The quantitative estimate of drug-likeness (QED) is 0.793. The molecular formula is C16H23N3OS. The number of rotatable bonds is 6. The third kappa shape index (κ3) is 5.10.